The maximum absolute atomic E-state index is 3.38. The van der Waals surface area contributed by atoms with E-state index in [1.807, 2.05) is 0 Å². The molecule has 0 atom stereocenters. The van der Waals surface area contributed by atoms with E-state index in [1.165, 1.54) is 16.9 Å². The second-order valence-electron chi connectivity index (χ2n) is 3.02. The van der Waals surface area contributed by atoms with Gasteiger partial charge in [0.1, 0.15) is 0 Å². The Bertz CT molecular complexity index is 236. The minimum absolute atomic E-state index is 0. The molecule has 0 unspecified atom stereocenters. The number of thioether (sulfide) groups is 1. The fourth-order valence-corrected chi connectivity index (χ4v) is 1.56. The molecule has 1 rings (SSSR count). The first-order valence-electron chi connectivity index (χ1n) is 4.70. The zero-order valence-corrected chi connectivity index (χ0v) is 10.4. The Balaban J connectivity index is 0.00000169. The number of hydrogen-bond donors (Lipinski definition) is 1. The molecule has 80 valence electrons. The van der Waals surface area contributed by atoms with Gasteiger partial charge in [-0.1, -0.05) is 19.1 Å². The normalized spacial score (nSPS) is 9.57. The van der Waals surface area contributed by atoms with Crippen molar-refractivity contribution in [2.75, 3.05) is 12.8 Å². The average Bonchev–Trinajstić information content (AvgIpc) is 2.19. The van der Waals surface area contributed by atoms with E-state index in [-0.39, 0.29) is 12.4 Å². The van der Waals surface area contributed by atoms with E-state index >= 15 is 0 Å². The van der Waals surface area contributed by atoms with Crippen molar-refractivity contribution in [2.45, 2.75) is 24.8 Å². The molecule has 0 saturated heterocycles. The molecule has 0 aliphatic heterocycles. The lowest BCUT2D eigenvalue weighted by atomic mass is 10.2. The van der Waals surface area contributed by atoms with Crippen molar-refractivity contribution in [3.8, 4) is 0 Å². The van der Waals surface area contributed by atoms with Crippen molar-refractivity contribution < 1.29 is 0 Å². The van der Waals surface area contributed by atoms with E-state index < -0.39 is 0 Å². The molecule has 0 bridgehead atoms. The summed E-state index contributed by atoms with van der Waals surface area (Å²) in [5, 5.41) is 3.38. The molecule has 0 spiro atoms. The van der Waals surface area contributed by atoms with Gasteiger partial charge in [-0.05, 0) is 36.9 Å². The highest BCUT2D eigenvalue weighted by atomic mass is 35.5. The Labute approximate surface area is 97.1 Å². The molecular formula is C11H18ClNS. The summed E-state index contributed by atoms with van der Waals surface area (Å²) < 4.78 is 0. The third kappa shape index (κ3) is 4.89. The second-order valence-corrected chi connectivity index (χ2v) is 3.90. The zero-order valence-electron chi connectivity index (χ0n) is 8.75. The van der Waals surface area contributed by atoms with Crippen LogP contribution in [0.3, 0.4) is 0 Å². The molecule has 1 N–H and O–H groups in total. The maximum Gasteiger partial charge on any atom is 0.0205 e. The van der Waals surface area contributed by atoms with Crippen LogP contribution in [0.2, 0.25) is 0 Å². The first-order chi connectivity index (χ1) is 6.36. The van der Waals surface area contributed by atoms with E-state index in [4.69, 9.17) is 0 Å². The highest BCUT2D eigenvalue weighted by molar-refractivity contribution is 7.98. The lowest BCUT2D eigenvalue weighted by molar-refractivity contribution is 0.675. The predicted octanol–water partition coefficient (Wildman–Crippen LogP) is 3.33. The van der Waals surface area contributed by atoms with Gasteiger partial charge in [-0.15, -0.1) is 24.2 Å². The molecule has 0 aromatic heterocycles. The van der Waals surface area contributed by atoms with Crippen LogP contribution in [0.5, 0.6) is 0 Å². The maximum atomic E-state index is 3.38. The Morgan fingerprint density at radius 2 is 1.86 bits per heavy atom. The number of halogens is 1. The lowest BCUT2D eigenvalue weighted by Crippen LogP contribution is -2.13. The van der Waals surface area contributed by atoms with Crippen LogP contribution in [-0.2, 0) is 6.54 Å². The molecule has 0 saturated carbocycles. The molecule has 1 aromatic carbocycles. The van der Waals surface area contributed by atoms with Crippen molar-refractivity contribution in [2.24, 2.45) is 0 Å². The highest BCUT2D eigenvalue weighted by Gasteiger charge is 1.92. The van der Waals surface area contributed by atoms with Gasteiger partial charge >= 0.3 is 0 Å². The van der Waals surface area contributed by atoms with Crippen molar-refractivity contribution in [3.05, 3.63) is 29.8 Å². The monoisotopic (exact) mass is 231 g/mol. The van der Waals surface area contributed by atoms with Crippen molar-refractivity contribution in [3.63, 3.8) is 0 Å². The quantitative estimate of drug-likeness (QED) is 0.616. The summed E-state index contributed by atoms with van der Waals surface area (Å²) in [6.45, 7) is 4.27. The van der Waals surface area contributed by atoms with Gasteiger partial charge in [0.15, 0.2) is 0 Å². The molecule has 0 aliphatic rings. The first kappa shape index (κ1) is 13.8. The Morgan fingerprint density at radius 3 is 2.36 bits per heavy atom. The standard InChI is InChI=1S/C11H17NS.ClH/c1-3-8-12-9-10-4-6-11(13-2)7-5-10;/h4-7,12H,3,8-9H2,1-2H3;1H. The van der Waals surface area contributed by atoms with Crippen molar-refractivity contribution in [1.29, 1.82) is 0 Å². The summed E-state index contributed by atoms with van der Waals surface area (Å²) in [7, 11) is 0. The summed E-state index contributed by atoms with van der Waals surface area (Å²) >= 11 is 1.79. The summed E-state index contributed by atoms with van der Waals surface area (Å²) in [6, 6.07) is 8.73. The third-order valence-corrected chi connectivity index (χ3v) is 2.66. The van der Waals surface area contributed by atoms with E-state index in [0.717, 1.165) is 13.1 Å². The predicted molar refractivity (Wildman–Crippen MR) is 67.5 cm³/mol. The van der Waals surface area contributed by atoms with Gasteiger partial charge < -0.3 is 5.32 Å². The topological polar surface area (TPSA) is 12.0 Å². The van der Waals surface area contributed by atoms with Crippen LogP contribution >= 0.6 is 24.2 Å². The van der Waals surface area contributed by atoms with E-state index in [0.29, 0.717) is 0 Å². The summed E-state index contributed by atoms with van der Waals surface area (Å²) in [6.07, 6.45) is 3.30. The summed E-state index contributed by atoms with van der Waals surface area (Å²) in [4.78, 5) is 1.33. The molecule has 0 amide bonds. The molecular weight excluding hydrogens is 214 g/mol. The summed E-state index contributed by atoms with van der Waals surface area (Å²) in [5.41, 5.74) is 1.37. The van der Waals surface area contributed by atoms with Gasteiger partial charge in [-0.3, -0.25) is 0 Å². The Morgan fingerprint density at radius 1 is 1.21 bits per heavy atom. The van der Waals surface area contributed by atoms with Crippen LogP contribution in [0.1, 0.15) is 18.9 Å². The van der Waals surface area contributed by atoms with Crippen LogP contribution in [0.4, 0.5) is 0 Å². The molecule has 0 heterocycles. The van der Waals surface area contributed by atoms with Gasteiger partial charge in [-0.25, -0.2) is 0 Å². The van der Waals surface area contributed by atoms with Crippen LogP contribution in [0, 0.1) is 0 Å². The van der Waals surface area contributed by atoms with Crippen LogP contribution < -0.4 is 5.32 Å². The van der Waals surface area contributed by atoms with Gasteiger partial charge in [0.05, 0.1) is 0 Å². The molecule has 1 nitrogen and oxygen atoms in total. The number of nitrogens with one attached hydrogen (secondary N) is 1. The van der Waals surface area contributed by atoms with Crippen LogP contribution in [-0.4, -0.2) is 12.8 Å². The fourth-order valence-electron chi connectivity index (χ4n) is 1.15. The molecule has 0 radical (unpaired) electrons. The van der Waals surface area contributed by atoms with E-state index in [1.54, 1.807) is 11.8 Å². The van der Waals surface area contributed by atoms with Crippen molar-refractivity contribution in [1.82, 2.24) is 5.32 Å². The average molecular weight is 232 g/mol. The lowest BCUT2D eigenvalue weighted by Gasteiger charge is -2.03. The van der Waals surface area contributed by atoms with Gasteiger partial charge in [0.25, 0.3) is 0 Å². The molecule has 1 aromatic rings. The smallest absolute Gasteiger partial charge is 0.0205 e. The van der Waals surface area contributed by atoms with E-state index in [9.17, 15) is 0 Å². The van der Waals surface area contributed by atoms with Gasteiger partial charge in [0.2, 0.25) is 0 Å². The van der Waals surface area contributed by atoms with E-state index in [2.05, 4.69) is 42.8 Å². The van der Waals surface area contributed by atoms with Crippen LogP contribution in [0.25, 0.3) is 0 Å². The Kier molecular flexibility index (Phi) is 8.05. The van der Waals surface area contributed by atoms with Crippen LogP contribution in [0.15, 0.2) is 29.2 Å². The van der Waals surface area contributed by atoms with Crippen molar-refractivity contribution >= 4 is 24.2 Å². The second kappa shape index (κ2) is 8.16. The molecule has 3 heteroatoms. The number of benzene rings is 1. The van der Waals surface area contributed by atoms with Gasteiger partial charge in [0, 0.05) is 11.4 Å². The highest BCUT2D eigenvalue weighted by Crippen LogP contribution is 2.14. The largest absolute Gasteiger partial charge is 0.313 e. The first-order valence-corrected chi connectivity index (χ1v) is 5.93. The molecule has 0 aliphatic carbocycles. The number of rotatable bonds is 5. The summed E-state index contributed by atoms with van der Waals surface area (Å²) in [5.74, 6) is 0. The Hall–Kier alpha value is -0.180. The minimum atomic E-state index is 0. The van der Waals surface area contributed by atoms with Gasteiger partial charge in [-0.2, -0.15) is 0 Å². The minimum Gasteiger partial charge on any atom is -0.313 e. The SMILES string of the molecule is CCCNCc1ccc(SC)cc1.Cl. The third-order valence-electron chi connectivity index (χ3n) is 1.91. The zero-order chi connectivity index (χ0) is 9.52. The molecule has 14 heavy (non-hydrogen) atoms. The molecule has 0 fully saturated rings. The fraction of sp³-hybridized carbons (Fsp3) is 0.455. The number of hydrogen-bond acceptors (Lipinski definition) is 2.